The largest absolute Gasteiger partial charge is 0.452 e. The third-order valence-corrected chi connectivity index (χ3v) is 5.10. The van der Waals surface area contributed by atoms with Gasteiger partial charge < -0.3 is 23.8 Å². The summed E-state index contributed by atoms with van der Waals surface area (Å²) in [6.45, 7) is 7.35. The maximum absolute atomic E-state index is 12.4. The third kappa shape index (κ3) is 4.26. The molecule has 8 nitrogen and oxygen atoms in total. The zero-order valence-corrected chi connectivity index (χ0v) is 16.2. The molecule has 1 aromatic rings. The van der Waals surface area contributed by atoms with Gasteiger partial charge in [-0.25, -0.2) is 9.59 Å². The van der Waals surface area contributed by atoms with Crippen LogP contribution in [0.15, 0.2) is 6.07 Å². The molecule has 1 aliphatic heterocycles. The predicted molar refractivity (Wildman–Crippen MR) is 97.6 cm³/mol. The molecular weight excluding hydrogens is 350 g/mol. The van der Waals surface area contributed by atoms with E-state index < -0.39 is 5.97 Å². The van der Waals surface area contributed by atoms with Gasteiger partial charge in [-0.2, -0.15) is 0 Å². The van der Waals surface area contributed by atoms with Crippen LogP contribution in [0.25, 0.3) is 0 Å². The van der Waals surface area contributed by atoms with E-state index in [0.717, 1.165) is 24.2 Å². The number of piperazine rings is 1. The van der Waals surface area contributed by atoms with Gasteiger partial charge in [-0.15, -0.1) is 0 Å². The number of aromatic nitrogens is 1. The summed E-state index contributed by atoms with van der Waals surface area (Å²) in [4.78, 5) is 39.6. The molecule has 2 amide bonds. The van der Waals surface area contributed by atoms with Crippen LogP contribution in [0.5, 0.6) is 0 Å². The molecule has 0 N–H and O–H groups in total. The number of ether oxygens (including phenoxy) is 2. The Morgan fingerprint density at radius 1 is 1.04 bits per heavy atom. The van der Waals surface area contributed by atoms with Crippen molar-refractivity contribution in [2.45, 2.75) is 39.7 Å². The van der Waals surface area contributed by atoms with Crippen LogP contribution in [0.1, 0.15) is 47.6 Å². The minimum atomic E-state index is -0.464. The summed E-state index contributed by atoms with van der Waals surface area (Å²) in [6.07, 6.45) is 1.92. The molecule has 8 heteroatoms. The minimum Gasteiger partial charge on any atom is -0.452 e. The highest BCUT2D eigenvalue weighted by molar-refractivity contribution is 5.92. The van der Waals surface area contributed by atoms with Crippen molar-refractivity contribution in [3.05, 3.63) is 23.0 Å². The minimum absolute atomic E-state index is 0.247. The Bertz CT molecular complexity index is 730. The molecule has 2 heterocycles. The topological polar surface area (TPSA) is 81.1 Å². The van der Waals surface area contributed by atoms with Crippen LogP contribution in [0, 0.1) is 13.8 Å². The van der Waals surface area contributed by atoms with Gasteiger partial charge in [0, 0.05) is 43.6 Å². The van der Waals surface area contributed by atoms with Crippen molar-refractivity contribution in [3.63, 3.8) is 0 Å². The van der Waals surface area contributed by atoms with E-state index >= 15 is 0 Å². The average molecular weight is 377 g/mol. The summed E-state index contributed by atoms with van der Waals surface area (Å²) < 4.78 is 12.4. The van der Waals surface area contributed by atoms with E-state index in [4.69, 9.17) is 9.47 Å². The van der Waals surface area contributed by atoms with Crippen LogP contribution < -0.4 is 0 Å². The van der Waals surface area contributed by atoms with E-state index in [0.29, 0.717) is 44.4 Å². The van der Waals surface area contributed by atoms with Crippen molar-refractivity contribution >= 4 is 18.0 Å². The van der Waals surface area contributed by atoms with Gasteiger partial charge in [0.25, 0.3) is 5.91 Å². The number of carbonyl (C=O) groups is 3. The van der Waals surface area contributed by atoms with E-state index in [9.17, 15) is 14.4 Å². The average Bonchev–Trinajstić information content (AvgIpc) is 3.44. The summed E-state index contributed by atoms with van der Waals surface area (Å²) in [7, 11) is 0. The second-order valence-corrected chi connectivity index (χ2v) is 7.03. The quantitative estimate of drug-likeness (QED) is 0.732. The van der Waals surface area contributed by atoms with Gasteiger partial charge in [0.1, 0.15) is 0 Å². The van der Waals surface area contributed by atoms with Gasteiger partial charge in [-0.3, -0.25) is 4.79 Å². The molecule has 1 aromatic heterocycles. The number of carbonyl (C=O) groups excluding carboxylic acids is 3. The first-order chi connectivity index (χ1) is 12.9. The molecule has 0 aromatic carbocycles. The fourth-order valence-corrected chi connectivity index (χ4v) is 3.53. The van der Waals surface area contributed by atoms with E-state index in [1.165, 1.54) is 0 Å². The Hall–Kier alpha value is -2.51. The molecule has 148 valence electrons. The van der Waals surface area contributed by atoms with Crippen LogP contribution in [0.3, 0.4) is 0 Å². The van der Waals surface area contributed by atoms with E-state index in [1.807, 2.05) is 19.9 Å². The molecule has 27 heavy (non-hydrogen) atoms. The number of rotatable bonds is 5. The molecule has 1 saturated heterocycles. The lowest BCUT2D eigenvalue weighted by molar-refractivity contribution is -0.136. The lowest BCUT2D eigenvalue weighted by Gasteiger charge is -2.33. The maximum Gasteiger partial charge on any atom is 0.409 e. The van der Waals surface area contributed by atoms with Crippen LogP contribution >= 0.6 is 0 Å². The number of nitrogens with zero attached hydrogens (tertiary/aromatic N) is 3. The molecule has 1 aliphatic carbocycles. The lowest BCUT2D eigenvalue weighted by atomic mass is 10.2. The second-order valence-electron chi connectivity index (χ2n) is 7.03. The first kappa shape index (κ1) is 19.3. The van der Waals surface area contributed by atoms with Crippen molar-refractivity contribution in [2.24, 2.45) is 0 Å². The second kappa shape index (κ2) is 8.02. The highest BCUT2D eigenvalue weighted by Crippen LogP contribution is 2.38. The van der Waals surface area contributed by atoms with Crippen LogP contribution in [-0.2, 0) is 14.3 Å². The van der Waals surface area contributed by atoms with Crippen LogP contribution in [0.4, 0.5) is 4.79 Å². The van der Waals surface area contributed by atoms with Crippen molar-refractivity contribution in [2.75, 3.05) is 39.4 Å². The van der Waals surface area contributed by atoms with Gasteiger partial charge in [0.05, 0.1) is 12.2 Å². The van der Waals surface area contributed by atoms with E-state index in [2.05, 4.69) is 4.57 Å². The van der Waals surface area contributed by atoms with Gasteiger partial charge in [-0.1, -0.05) is 0 Å². The molecule has 2 aliphatic rings. The monoisotopic (exact) mass is 377 g/mol. The molecule has 0 bridgehead atoms. The first-order valence-corrected chi connectivity index (χ1v) is 9.47. The Kier molecular flexibility index (Phi) is 5.72. The van der Waals surface area contributed by atoms with Gasteiger partial charge >= 0.3 is 12.1 Å². The number of hydrogen-bond acceptors (Lipinski definition) is 5. The van der Waals surface area contributed by atoms with Crippen molar-refractivity contribution in [1.82, 2.24) is 14.4 Å². The number of hydrogen-bond donors (Lipinski definition) is 0. The number of aryl methyl sites for hydroxylation is 1. The first-order valence-electron chi connectivity index (χ1n) is 9.47. The molecule has 1 saturated carbocycles. The molecule has 0 radical (unpaired) electrons. The Balaban J connectivity index is 1.49. The summed E-state index contributed by atoms with van der Waals surface area (Å²) in [5.41, 5.74) is 2.47. The Morgan fingerprint density at radius 2 is 1.67 bits per heavy atom. The molecule has 0 spiro atoms. The fourth-order valence-electron chi connectivity index (χ4n) is 3.53. The molecular formula is C19H27N3O5. The zero-order valence-electron chi connectivity index (χ0n) is 16.2. The summed E-state index contributed by atoms with van der Waals surface area (Å²) in [5, 5.41) is 0. The maximum atomic E-state index is 12.4. The molecule has 2 fully saturated rings. The van der Waals surface area contributed by atoms with Crippen molar-refractivity contribution < 1.29 is 23.9 Å². The number of esters is 1. The van der Waals surface area contributed by atoms with Crippen LogP contribution in [0.2, 0.25) is 0 Å². The standard InChI is InChI=1S/C19H27N3O5/c1-4-26-19(25)21-9-7-20(8-10-21)17(23)12-27-18(24)16-11-13(2)22(14(16)3)15-5-6-15/h11,15H,4-10,12H2,1-3H3. The van der Waals surface area contributed by atoms with Crippen molar-refractivity contribution in [3.8, 4) is 0 Å². The normalized spacial score (nSPS) is 17.0. The van der Waals surface area contributed by atoms with Crippen molar-refractivity contribution in [1.29, 1.82) is 0 Å². The zero-order chi connectivity index (χ0) is 19.6. The van der Waals surface area contributed by atoms with Crippen LogP contribution in [-0.4, -0.2) is 71.7 Å². The number of amides is 2. The molecule has 3 rings (SSSR count). The third-order valence-electron chi connectivity index (χ3n) is 5.10. The van der Waals surface area contributed by atoms with E-state index in [1.54, 1.807) is 16.7 Å². The molecule has 0 unspecified atom stereocenters. The van der Waals surface area contributed by atoms with Gasteiger partial charge in [0.2, 0.25) is 0 Å². The fraction of sp³-hybridized carbons (Fsp3) is 0.632. The lowest BCUT2D eigenvalue weighted by Crippen LogP contribution is -2.51. The highest BCUT2D eigenvalue weighted by Gasteiger charge is 2.29. The van der Waals surface area contributed by atoms with Gasteiger partial charge in [0.15, 0.2) is 6.61 Å². The smallest absolute Gasteiger partial charge is 0.409 e. The SMILES string of the molecule is CCOC(=O)N1CCN(C(=O)COC(=O)c2cc(C)n(C3CC3)c2C)CC1. The van der Waals surface area contributed by atoms with E-state index in [-0.39, 0.29) is 18.6 Å². The molecule has 0 atom stereocenters. The predicted octanol–water partition coefficient (Wildman–Crippen LogP) is 1.90. The Morgan fingerprint density at radius 3 is 2.26 bits per heavy atom. The Labute approximate surface area is 159 Å². The summed E-state index contributed by atoms with van der Waals surface area (Å²) in [5.74, 6) is -0.712. The summed E-state index contributed by atoms with van der Waals surface area (Å²) in [6, 6.07) is 2.32. The van der Waals surface area contributed by atoms with Gasteiger partial charge in [-0.05, 0) is 39.7 Å². The highest BCUT2D eigenvalue weighted by atomic mass is 16.6. The summed E-state index contributed by atoms with van der Waals surface area (Å²) >= 11 is 0.